The van der Waals surface area contributed by atoms with Crippen LogP contribution in [0.1, 0.15) is 39.7 Å². The first kappa shape index (κ1) is 22.7. The van der Waals surface area contributed by atoms with E-state index in [4.69, 9.17) is 0 Å². The molecule has 0 saturated heterocycles. The Kier molecular flexibility index (Phi) is 7.84. The van der Waals surface area contributed by atoms with E-state index < -0.39 is 0 Å². The van der Waals surface area contributed by atoms with E-state index in [1.165, 1.54) is 21.2 Å². The van der Waals surface area contributed by atoms with Crippen molar-refractivity contribution in [3.8, 4) is 0 Å². The van der Waals surface area contributed by atoms with Crippen molar-refractivity contribution < 1.29 is 4.79 Å². The van der Waals surface area contributed by atoms with Gasteiger partial charge in [-0.05, 0) is 62.7 Å². The quantitative estimate of drug-likeness (QED) is 0.589. The van der Waals surface area contributed by atoms with Crippen LogP contribution < -0.4 is 10.2 Å². The van der Waals surface area contributed by atoms with Crippen LogP contribution >= 0.6 is 11.8 Å². The third-order valence-corrected chi connectivity index (χ3v) is 6.72. The third-order valence-electron chi connectivity index (χ3n) is 5.59. The van der Waals surface area contributed by atoms with E-state index in [0.717, 1.165) is 31.6 Å². The molecule has 0 aromatic heterocycles. The molecule has 0 aliphatic carbocycles. The van der Waals surface area contributed by atoms with Crippen molar-refractivity contribution in [2.45, 2.75) is 56.4 Å². The molecular formula is C25H35N3OS. The van der Waals surface area contributed by atoms with Gasteiger partial charge in [0.1, 0.15) is 0 Å². The molecule has 1 amide bonds. The number of amides is 1. The highest BCUT2D eigenvalue weighted by Gasteiger charge is 2.27. The first-order valence-electron chi connectivity index (χ1n) is 11.0. The Morgan fingerprint density at radius 1 is 1.10 bits per heavy atom. The summed E-state index contributed by atoms with van der Waals surface area (Å²) < 4.78 is 0. The maximum absolute atomic E-state index is 12.4. The molecule has 1 N–H and O–H groups in total. The zero-order chi connectivity index (χ0) is 21.7. The van der Waals surface area contributed by atoms with Crippen LogP contribution in [0.4, 0.5) is 11.4 Å². The fraction of sp³-hybridized carbons (Fsp3) is 0.480. The Labute approximate surface area is 186 Å². The minimum atomic E-state index is 0.102. The lowest BCUT2D eigenvalue weighted by Gasteiger charge is -2.39. The van der Waals surface area contributed by atoms with Gasteiger partial charge in [-0.3, -0.25) is 4.79 Å². The smallest absolute Gasteiger partial charge is 0.224 e. The van der Waals surface area contributed by atoms with Gasteiger partial charge in [-0.15, -0.1) is 0 Å². The average molecular weight is 426 g/mol. The van der Waals surface area contributed by atoms with Crippen LogP contribution in [0.15, 0.2) is 52.3 Å². The standard InChI is InChI=1S/C25H35N3OS/c1-6-27(5)17-19(4)28-21-9-7-8-10-23(21)30-24-12-11-20(15-22(24)28)16-25(29)26-14-13-18(2)3/h7-12,15,18-19H,6,13-14,16-17H2,1-5H3,(H,26,29). The first-order valence-corrected chi connectivity index (χ1v) is 11.8. The molecular weight excluding hydrogens is 390 g/mol. The Balaban J connectivity index is 1.84. The number of hydrogen-bond donors (Lipinski definition) is 1. The van der Waals surface area contributed by atoms with E-state index >= 15 is 0 Å². The monoisotopic (exact) mass is 425 g/mol. The largest absolute Gasteiger partial charge is 0.356 e. The van der Waals surface area contributed by atoms with Crippen LogP contribution in [-0.2, 0) is 11.2 Å². The van der Waals surface area contributed by atoms with Gasteiger partial charge in [-0.25, -0.2) is 0 Å². The normalized spacial score (nSPS) is 13.9. The summed E-state index contributed by atoms with van der Waals surface area (Å²) in [6.45, 7) is 11.6. The van der Waals surface area contributed by atoms with Crippen molar-refractivity contribution >= 4 is 29.0 Å². The molecule has 162 valence electrons. The second kappa shape index (κ2) is 10.4. The number of fused-ring (bicyclic) bond motifs is 2. The van der Waals surface area contributed by atoms with Gasteiger partial charge in [0, 0.05) is 28.9 Å². The number of hydrogen-bond acceptors (Lipinski definition) is 4. The average Bonchev–Trinajstić information content (AvgIpc) is 2.71. The lowest BCUT2D eigenvalue weighted by molar-refractivity contribution is -0.120. The Hall–Kier alpha value is -1.98. The molecule has 1 heterocycles. The molecule has 2 aromatic rings. The first-order chi connectivity index (χ1) is 14.4. The Morgan fingerprint density at radius 2 is 1.83 bits per heavy atom. The second-order valence-electron chi connectivity index (χ2n) is 8.66. The molecule has 2 aromatic carbocycles. The number of para-hydroxylation sites is 1. The van der Waals surface area contributed by atoms with Crippen LogP contribution in [0.25, 0.3) is 0 Å². The summed E-state index contributed by atoms with van der Waals surface area (Å²) >= 11 is 1.82. The lowest BCUT2D eigenvalue weighted by Crippen LogP contribution is -2.39. The summed E-state index contributed by atoms with van der Waals surface area (Å²) in [6, 6.07) is 15.4. The van der Waals surface area contributed by atoms with Gasteiger partial charge in [-0.1, -0.05) is 50.7 Å². The molecule has 1 aliphatic rings. The van der Waals surface area contributed by atoms with Crippen molar-refractivity contribution in [1.29, 1.82) is 0 Å². The number of nitrogens with one attached hydrogen (secondary N) is 1. The van der Waals surface area contributed by atoms with Crippen LogP contribution in [0, 0.1) is 5.92 Å². The minimum absolute atomic E-state index is 0.102. The van der Waals surface area contributed by atoms with E-state index in [9.17, 15) is 4.79 Å². The van der Waals surface area contributed by atoms with E-state index in [1.54, 1.807) is 0 Å². The Bertz CT molecular complexity index is 867. The highest BCUT2D eigenvalue weighted by Crippen LogP contribution is 2.49. The molecule has 0 radical (unpaired) electrons. The number of likely N-dealkylation sites (N-methyl/N-ethyl adjacent to an activating group) is 1. The molecule has 1 atom stereocenters. The number of carbonyl (C=O) groups excluding carboxylic acids is 1. The van der Waals surface area contributed by atoms with E-state index in [1.807, 2.05) is 11.8 Å². The molecule has 0 bridgehead atoms. The van der Waals surface area contributed by atoms with E-state index in [-0.39, 0.29) is 5.91 Å². The van der Waals surface area contributed by atoms with Crippen molar-refractivity contribution in [3.63, 3.8) is 0 Å². The molecule has 0 spiro atoms. The molecule has 0 fully saturated rings. The van der Waals surface area contributed by atoms with Crippen LogP contribution in [0.5, 0.6) is 0 Å². The maximum atomic E-state index is 12.4. The number of anilines is 2. The number of nitrogens with zero attached hydrogens (tertiary/aromatic N) is 2. The van der Waals surface area contributed by atoms with Crippen LogP contribution in [-0.4, -0.2) is 43.5 Å². The summed E-state index contributed by atoms with van der Waals surface area (Å²) in [5.41, 5.74) is 3.53. The fourth-order valence-electron chi connectivity index (χ4n) is 3.82. The summed E-state index contributed by atoms with van der Waals surface area (Å²) in [6.07, 6.45) is 1.44. The van der Waals surface area contributed by atoms with Gasteiger partial charge in [0.25, 0.3) is 0 Å². The SMILES string of the molecule is CCN(C)CC(C)N1c2ccccc2Sc2ccc(CC(=O)NCCC(C)C)cc21. The van der Waals surface area contributed by atoms with Crippen molar-refractivity contribution in [1.82, 2.24) is 10.2 Å². The molecule has 1 aliphatic heterocycles. The topological polar surface area (TPSA) is 35.6 Å². The van der Waals surface area contributed by atoms with Gasteiger partial charge < -0.3 is 15.1 Å². The molecule has 5 heteroatoms. The molecule has 30 heavy (non-hydrogen) atoms. The maximum Gasteiger partial charge on any atom is 0.224 e. The van der Waals surface area contributed by atoms with Gasteiger partial charge in [-0.2, -0.15) is 0 Å². The number of benzene rings is 2. The molecule has 1 unspecified atom stereocenters. The predicted octanol–water partition coefficient (Wildman–Crippen LogP) is 5.33. The highest BCUT2D eigenvalue weighted by molar-refractivity contribution is 7.99. The van der Waals surface area contributed by atoms with Crippen molar-refractivity contribution in [2.75, 3.05) is 31.6 Å². The lowest BCUT2D eigenvalue weighted by atomic mass is 10.1. The van der Waals surface area contributed by atoms with Gasteiger partial charge >= 0.3 is 0 Å². The van der Waals surface area contributed by atoms with E-state index in [0.29, 0.717) is 18.4 Å². The fourth-order valence-corrected chi connectivity index (χ4v) is 4.88. The summed E-state index contributed by atoms with van der Waals surface area (Å²) in [7, 11) is 2.17. The summed E-state index contributed by atoms with van der Waals surface area (Å²) in [5.74, 6) is 0.701. The second-order valence-corrected chi connectivity index (χ2v) is 9.74. The number of carbonyl (C=O) groups is 1. The van der Waals surface area contributed by atoms with Crippen molar-refractivity contribution in [3.05, 3.63) is 48.0 Å². The Morgan fingerprint density at radius 3 is 2.57 bits per heavy atom. The molecule has 3 rings (SSSR count). The minimum Gasteiger partial charge on any atom is -0.356 e. The van der Waals surface area contributed by atoms with E-state index in [2.05, 4.69) is 92.3 Å². The summed E-state index contributed by atoms with van der Waals surface area (Å²) in [4.78, 5) is 19.8. The summed E-state index contributed by atoms with van der Waals surface area (Å²) in [5, 5.41) is 3.06. The highest BCUT2D eigenvalue weighted by atomic mass is 32.2. The predicted molar refractivity (Wildman–Crippen MR) is 128 cm³/mol. The third kappa shape index (κ3) is 5.58. The zero-order valence-corrected chi connectivity index (χ0v) is 19.8. The molecule has 0 saturated carbocycles. The number of rotatable bonds is 9. The van der Waals surface area contributed by atoms with Crippen LogP contribution in [0.3, 0.4) is 0 Å². The van der Waals surface area contributed by atoms with Gasteiger partial charge in [0.2, 0.25) is 5.91 Å². The van der Waals surface area contributed by atoms with Crippen molar-refractivity contribution in [2.24, 2.45) is 5.92 Å². The van der Waals surface area contributed by atoms with Crippen LogP contribution in [0.2, 0.25) is 0 Å². The zero-order valence-electron chi connectivity index (χ0n) is 18.9. The molecule has 4 nitrogen and oxygen atoms in total. The van der Waals surface area contributed by atoms with Gasteiger partial charge in [0.15, 0.2) is 0 Å². The van der Waals surface area contributed by atoms with Gasteiger partial charge in [0.05, 0.1) is 17.8 Å².